The predicted molar refractivity (Wildman–Crippen MR) is 67.7 cm³/mol. The highest BCUT2D eigenvalue weighted by Gasteiger charge is 2.10. The number of amides is 1. The summed E-state index contributed by atoms with van der Waals surface area (Å²) >= 11 is 0. The van der Waals surface area contributed by atoms with Gasteiger partial charge in [0.15, 0.2) is 0 Å². The number of carbonyl (C=O) groups excluding carboxylic acids is 1. The lowest BCUT2D eigenvalue weighted by atomic mass is 10.2. The maximum atomic E-state index is 11.3. The van der Waals surface area contributed by atoms with Crippen molar-refractivity contribution in [2.24, 2.45) is 12.8 Å². The van der Waals surface area contributed by atoms with E-state index in [1.54, 1.807) is 4.68 Å². The molecule has 0 aliphatic heterocycles. The standard InChI is InChI=1S/C11H14N6O/c1-17-3-2-8(16-17)6-15-11-9(10(13)18)4-7(12)5-14-11/h2-5H,6,12H2,1H3,(H2,13,18)(H,14,15). The molecule has 0 saturated carbocycles. The van der Waals surface area contributed by atoms with E-state index < -0.39 is 5.91 Å². The molecule has 2 rings (SSSR count). The SMILES string of the molecule is Cn1ccc(CNc2ncc(N)cc2C(N)=O)n1. The summed E-state index contributed by atoms with van der Waals surface area (Å²) in [6, 6.07) is 3.37. The molecule has 0 aromatic carbocycles. The van der Waals surface area contributed by atoms with Crippen LogP contribution in [0, 0.1) is 0 Å². The molecule has 0 unspecified atom stereocenters. The lowest BCUT2D eigenvalue weighted by molar-refractivity contribution is 0.100. The second-order valence-electron chi connectivity index (χ2n) is 3.86. The fourth-order valence-corrected chi connectivity index (χ4v) is 1.54. The first-order valence-electron chi connectivity index (χ1n) is 5.34. The molecule has 2 aromatic rings. The Morgan fingerprint density at radius 2 is 2.33 bits per heavy atom. The number of rotatable bonds is 4. The van der Waals surface area contributed by atoms with Crippen LogP contribution in [0.5, 0.6) is 0 Å². The van der Waals surface area contributed by atoms with Crippen molar-refractivity contribution >= 4 is 17.4 Å². The Hall–Kier alpha value is -2.57. The van der Waals surface area contributed by atoms with Gasteiger partial charge in [0.1, 0.15) is 5.82 Å². The number of aromatic nitrogens is 3. The van der Waals surface area contributed by atoms with Crippen molar-refractivity contribution in [3.63, 3.8) is 0 Å². The van der Waals surface area contributed by atoms with Crippen LogP contribution in [0.25, 0.3) is 0 Å². The number of carbonyl (C=O) groups is 1. The monoisotopic (exact) mass is 246 g/mol. The number of anilines is 2. The summed E-state index contributed by atoms with van der Waals surface area (Å²) in [4.78, 5) is 15.3. The molecule has 7 heteroatoms. The number of pyridine rings is 1. The molecule has 0 spiro atoms. The van der Waals surface area contributed by atoms with Gasteiger partial charge in [0, 0.05) is 13.2 Å². The van der Waals surface area contributed by atoms with Gasteiger partial charge >= 0.3 is 0 Å². The van der Waals surface area contributed by atoms with E-state index in [9.17, 15) is 4.79 Å². The summed E-state index contributed by atoms with van der Waals surface area (Å²) in [5.41, 5.74) is 12.3. The molecule has 5 N–H and O–H groups in total. The molecule has 0 bridgehead atoms. The second-order valence-corrected chi connectivity index (χ2v) is 3.86. The molecule has 0 saturated heterocycles. The van der Waals surface area contributed by atoms with E-state index in [-0.39, 0.29) is 5.56 Å². The average Bonchev–Trinajstić information content (AvgIpc) is 2.73. The van der Waals surface area contributed by atoms with Crippen LogP contribution in [0.4, 0.5) is 11.5 Å². The van der Waals surface area contributed by atoms with Gasteiger partial charge < -0.3 is 16.8 Å². The molecule has 7 nitrogen and oxygen atoms in total. The summed E-state index contributed by atoms with van der Waals surface area (Å²) in [5, 5.41) is 7.21. The third-order valence-electron chi connectivity index (χ3n) is 2.38. The van der Waals surface area contributed by atoms with Crippen LogP contribution in [-0.4, -0.2) is 20.7 Å². The third-order valence-corrected chi connectivity index (χ3v) is 2.38. The number of nitrogens with one attached hydrogen (secondary N) is 1. The Morgan fingerprint density at radius 1 is 1.56 bits per heavy atom. The van der Waals surface area contributed by atoms with Crippen molar-refractivity contribution in [2.75, 3.05) is 11.1 Å². The molecule has 0 fully saturated rings. The first-order valence-corrected chi connectivity index (χ1v) is 5.34. The Bertz CT molecular complexity index is 577. The Labute approximate surface area is 104 Å². The summed E-state index contributed by atoms with van der Waals surface area (Å²) in [7, 11) is 1.83. The van der Waals surface area contributed by atoms with Gasteiger partial charge in [0.05, 0.1) is 29.7 Å². The molecule has 0 aliphatic rings. The van der Waals surface area contributed by atoms with Gasteiger partial charge in [-0.2, -0.15) is 5.10 Å². The summed E-state index contributed by atoms with van der Waals surface area (Å²) in [6.07, 6.45) is 3.30. The summed E-state index contributed by atoms with van der Waals surface area (Å²) in [6.45, 7) is 0.456. The lowest BCUT2D eigenvalue weighted by Crippen LogP contribution is -2.16. The molecule has 0 radical (unpaired) electrons. The van der Waals surface area contributed by atoms with Gasteiger partial charge in [-0.15, -0.1) is 0 Å². The van der Waals surface area contributed by atoms with Gasteiger partial charge in [-0.05, 0) is 12.1 Å². The number of nitrogens with two attached hydrogens (primary N) is 2. The number of aryl methyl sites for hydroxylation is 1. The number of hydrogen-bond donors (Lipinski definition) is 3. The highest BCUT2D eigenvalue weighted by molar-refractivity contribution is 5.98. The topological polar surface area (TPSA) is 112 Å². The highest BCUT2D eigenvalue weighted by Crippen LogP contribution is 2.15. The second kappa shape index (κ2) is 4.74. The summed E-state index contributed by atoms with van der Waals surface area (Å²) in [5.74, 6) is -0.166. The minimum atomic E-state index is -0.571. The molecule has 94 valence electrons. The van der Waals surface area contributed by atoms with Crippen molar-refractivity contribution in [3.05, 3.63) is 35.8 Å². The van der Waals surface area contributed by atoms with Crippen LogP contribution in [0.3, 0.4) is 0 Å². The molecular weight excluding hydrogens is 232 g/mol. The van der Waals surface area contributed by atoms with Crippen LogP contribution in [0.15, 0.2) is 24.5 Å². The fourth-order valence-electron chi connectivity index (χ4n) is 1.54. The fraction of sp³-hybridized carbons (Fsp3) is 0.182. The van der Waals surface area contributed by atoms with E-state index in [1.165, 1.54) is 12.3 Å². The molecule has 0 aliphatic carbocycles. The van der Waals surface area contributed by atoms with E-state index in [2.05, 4.69) is 15.4 Å². The van der Waals surface area contributed by atoms with Crippen LogP contribution in [0.1, 0.15) is 16.1 Å². The molecule has 2 aromatic heterocycles. The van der Waals surface area contributed by atoms with E-state index >= 15 is 0 Å². The average molecular weight is 246 g/mol. The van der Waals surface area contributed by atoms with Crippen LogP contribution < -0.4 is 16.8 Å². The lowest BCUT2D eigenvalue weighted by Gasteiger charge is -2.08. The number of nitrogen functional groups attached to an aromatic ring is 1. The van der Waals surface area contributed by atoms with Gasteiger partial charge in [-0.1, -0.05) is 0 Å². The third kappa shape index (κ3) is 2.57. The Kier molecular flexibility index (Phi) is 3.13. The Balaban J connectivity index is 2.16. The number of nitrogens with zero attached hydrogens (tertiary/aromatic N) is 3. The van der Waals surface area contributed by atoms with Crippen LogP contribution in [0.2, 0.25) is 0 Å². The molecule has 0 atom stereocenters. The van der Waals surface area contributed by atoms with Crippen molar-refractivity contribution in [1.82, 2.24) is 14.8 Å². The zero-order valence-electron chi connectivity index (χ0n) is 9.92. The molecule has 2 heterocycles. The minimum absolute atomic E-state index is 0.269. The maximum absolute atomic E-state index is 11.3. The van der Waals surface area contributed by atoms with Crippen molar-refractivity contribution < 1.29 is 4.79 Å². The Morgan fingerprint density at radius 3 is 2.94 bits per heavy atom. The summed E-state index contributed by atoms with van der Waals surface area (Å²) < 4.78 is 1.70. The molecule has 1 amide bonds. The van der Waals surface area contributed by atoms with E-state index in [1.807, 2.05) is 19.3 Å². The molecular formula is C11H14N6O. The van der Waals surface area contributed by atoms with Crippen LogP contribution >= 0.6 is 0 Å². The quantitative estimate of drug-likeness (QED) is 0.708. The first kappa shape index (κ1) is 11.9. The first-order chi connectivity index (χ1) is 8.56. The normalized spacial score (nSPS) is 10.3. The minimum Gasteiger partial charge on any atom is -0.397 e. The predicted octanol–water partition coefficient (Wildman–Crippen LogP) is 0.108. The smallest absolute Gasteiger partial charge is 0.252 e. The molecule has 18 heavy (non-hydrogen) atoms. The van der Waals surface area contributed by atoms with Crippen molar-refractivity contribution in [1.29, 1.82) is 0 Å². The number of primary amides is 1. The largest absolute Gasteiger partial charge is 0.397 e. The zero-order valence-corrected chi connectivity index (χ0v) is 9.92. The van der Waals surface area contributed by atoms with Crippen molar-refractivity contribution in [2.45, 2.75) is 6.54 Å². The van der Waals surface area contributed by atoms with Gasteiger partial charge in [-0.25, -0.2) is 4.98 Å². The van der Waals surface area contributed by atoms with Crippen LogP contribution in [-0.2, 0) is 13.6 Å². The zero-order chi connectivity index (χ0) is 13.1. The van der Waals surface area contributed by atoms with E-state index in [4.69, 9.17) is 11.5 Å². The van der Waals surface area contributed by atoms with Gasteiger partial charge in [0.2, 0.25) is 0 Å². The highest BCUT2D eigenvalue weighted by atomic mass is 16.1. The van der Waals surface area contributed by atoms with E-state index in [0.29, 0.717) is 18.1 Å². The van der Waals surface area contributed by atoms with Crippen molar-refractivity contribution in [3.8, 4) is 0 Å². The van der Waals surface area contributed by atoms with Gasteiger partial charge in [-0.3, -0.25) is 9.48 Å². The van der Waals surface area contributed by atoms with Gasteiger partial charge in [0.25, 0.3) is 5.91 Å². The van der Waals surface area contributed by atoms with E-state index in [0.717, 1.165) is 5.69 Å². The maximum Gasteiger partial charge on any atom is 0.252 e. The number of hydrogen-bond acceptors (Lipinski definition) is 5.